The van der Waals surface area contributed by atoms with E-state index in [1.165, 1.54) is 23.4 Å². The summed E-state index contributed by atoms with van der Waals surface area (Å²) in [6.07, 6.45) is 8.02. The number of hydrogen-bond acceptors (Lipinski definition) is 11. The standard InChI is InChI=1S/C43H60N4O10S/c1-6-22-47(58(52,53)33-19-16-31(17-20-33)45-29(5)50)39-28-37(46-55-9-4)35-26-30(14-10-12-23-48)34(15-11-13-24-49)40-36-27-32(56-42(51)44-8-3)18-21-38(36)57-43(39,41(35)40)54-25-7-2/h7,16-21,26-27,30,34,39-41,48-49H,2,6,8-15,22-25,28H2,1,3-5H3,(H,44,51)(H,45,50)/t30-,34+,39-,40+,41+,43+/m0/s1. The number of unbranched alkanes of at least 4 members (excludes halogenated alkanes) is 2. The lowest BCUT2D eigenvalue weighted by molar-refractivity contribution is -0.251. The molecule has 58 heavy (non-hydrogen) atoms. The van der Waals surface area contributed by atoms with Crippen molar-refractivity contribution in [3.8, 4) is 11.5 Å². The molecule has 0 saturated heterocycles. The maximum atomic E-state index is 15.0. The van der Waals surface area contributed by atoms with Gasteiger partial charge in [-0.15, -0.1) is 6.58 Å². The Bertz CT molecular complexity index is 1900. The molecule has 0 unspecified atom stereocenters. The number of benzene rings is 2. The zero-order valence-electron chi connectivity index (χ0n) is 34.2. The van der Waals surface area contributed by atoms with Gasteiger partial charge in [0.15, 0.2) is 0 Å². The maximum absolute atomic E-state index is 15.0. The Morgan fingerprint density at radius 2 is 1.78 bits per heavy atom. The predicted octanol–water partition coefficient (Wildman–Crippen LogP) is 6.51. The number of sulfonamides is 1. The summed E-state index contributed by atoms with van der Waals surface area (Å²) in [6.45, 7) is 11.8. The second kappa shape index (κ2) is 20.6. The molecule has 1 saturated carbocycles. The summed E-state index contributed by atoms with van der Waals surface area (Å²) in [5.41, 5.74) is 2.66. The Balaban J connectivity index is 1.79. The van der Waals surface area contributed by atoms with Crippen LogP contribution in [0.3, 0.4) is 0 Å². The van der Waals surface area contributed by atoms with E-state index >= 15 is 8.42 Å². The molecule has 0 aromatic heterocycles. The molecule has 1 fully saturated rings. The molecule has 14 nitrogen and oxygen atoms in total. The third kappa shape index (κ3) is 9.77. The van der Waals surface area contributed by atoms with Gasteiger partial charge >= 0.3 is 6.09 Å². The van der Waals surface area contributed by atoms with Gasteiger partial charge in [-0.3, -0.25) is 4.79 Å². The number of ether oxygens (including phenoxy) is 3. The van der Waals surface area contributed by atoms with Gasteiger partial charge < -0.3 is 39.9 Å². The van der Waals surface area contributed by atoms with E-state index in [4.69, 9.17) is 19.0 Å². The molecule has 3 aliphatic rings. The average Bonchev–Trinajstić information content (AvgIpc) is 3.20. The highest BCUT2D eigenvalue weighted by molar-refractivity contribution is 7.89. The van der Waals surface area contributed by atoms with Crippen molar-refractivity contribution in [1.82, 2.24) is 9.62 Å². The van der Waals surface area contributed by atoms with Gasteiger partial charge in [0.2, 0.25) is 21.7 Å². The van der Waals surface area contributed by atoms with Gasteiger partial charge in [-0.05, 0) is 106 Å². The fourth-order valence-corrected chi connectivity index (χ4v) is 10.6. The molecule has 2 aliphatic carbocycles. The molecule has 2 aromatic rings. The zero-order chi connectivity index (χ0) is 41.9. The van der Waals surface area contributed by atoms with Gasteiger partial charge in [0.1, 0.15) is 18.1 Å². The fraction of sp³-hybridized carbons (Fsp3) is 0.558. The molecule has 2 aromatic carbocycles. The number of aliphatic hydroxyl groups excluding tert-OH is 2. The second-order valence-electron chi connectivity index (χ2n) is 14.9. The number of anilines is 1. The van der Waals surface area contributed by atoms with Crippen LogP contribution in [-0.2, 0) is 24.4 Å². The zero-order valence-corrected chi connectivity index (χ0v) is 35.0. The van der Waals surface area contributed by atoms with Crippen LogP contribution in [0, 0.1) is 17.8 Å². The molecule has 4 N–H and O–H groups in total. The molecule has 0 bridgehead atoms. The number of fused-ring (bicyclic) bond motifs is 2. The molecule has 2 amide bonds. The summed E-state index contributed by atoms with van der Waals surface area (Å²) in [4.78, 5) is 30.2. The lowest BCUT2D eigenvalue weighted by atomic mass is 9.55. The van der Waals surface area contributed by atoms with E-state index < -0.39 is 33.9 Å². The van der Waals surface area contributed by atoms with Crippen molar-refractivity contribution in [3.63, 3.8) is 0 Å². The van der Waals surface area contributed by atoms with Gasteiger partial charge in [-0.25, -0.2) is 13.2 Å². The Labute approximate surface area is 342 Å². The number of carbonyl (C=O) groups is 2. The number of aliphatic hydroxyl groups is 2. The molecular formula is C43H60N4O10S. The topological polar surface area (TPSA) is 185 Å². The van der Waals surface area contributed by atoms with Gasteiger partial charge in [-0.2, -0.15) is 4.31 Å². The second-order valence-corrected chi connectivity index (χ2v) is 16.8. The average molecular weight is 825 g/mol. The van der Waals surface area contributed by atoms with Crippen LogP contribution in [0.1, 0.15) is 90.5 Å². The minimum absolute atomic E-state index is 0.00140. The minimum Gasteiger partial charge on any atom is -0.460 e. The Morgan fingerprint density at radius 3 is 2.41 bits per heavy atom. The first-order chi connectivity index (χ1) is 28.0. The molecule has 15 heteroatoms. The van der Waals surface area contributed by atoms with E-state index in [2.05, 4.69) is 28.4 Å². The van der Waals surface area contributed by atoms with E-state index in [1.807, 2.05) is 19.9 Å². The number of allylic oxidation sites excluding steroid dienone is 1. The lowest BCUT2D eigenvalue weighted by Crippen LogP contribution is -2.70. The monoisotopic (exact) mass is 824 g/mol. The maximum Gasteiger partial charge on any atom is 0.412 e. The van der Waals surface area contributed by atoms with Gasteiger partial charge in [0, 0.05) is 56.8 Å². The minimum atomic E-state index is -4.25. The molecule has 1 aliphatic heterocycles. The van der Waals surface area contributed by atoms with Crippen LogP contribution < -0.4 is 20.1 Å². The molecule has 1 heterocycles. The number of rotatable bonds is 21. The molecule has 318 valence electrons. The summed E-state index contributed by atoms with van der Waals surface area (Å²) < 4.78 is 51.3. The third-order valence-corrected chi connectivity index (χ3v) is 13.0. The highest BCUT2D eigenvalue weighted by Crippen LogP contribution is 2.62. The first-order valence-electron chi connectivity index (χ1n) is 20.5. The van der Waals surface area contributed by atoms with Crippen LogP contribution in [0.4, 0.5) is 10.5 Å². The van der Waals surface area contributed by atoms with E-state index in [-0.39, 0.29) is 67.9 Å². The summed E-state index contributed by atoms with van der Waals surface area (Å²) in [7, 11) is -4.25. The van der Waals surface area contributed by atoms with Crippen LogP contribution in [0.2, 0.25) is 0 Å². The Kier molecular flexibility index (Phi) is 15.9. The summed E-state index contributed by atoms with van der Waals surface area (Å²) in [5, 5.41) is 29.7. The quantitative estimate of drug-likeness (QED) is 0.0615. The normalized spacial score (nSPS) is 24.2. The Morgan fingerprint density at radius 1 is 1.05 bits per heavy atom. The van der Waals surface area contributed by atoms with Crippen LogP contribution >= 0.6 is 0 Å². The van der Waals surface area contributed by atoms with Crippen molar-refractivity contribution in [2.24, 2.45) is 22.9 Å². The van der Waals surface area contributed by atoms with E-state index in [0.717, 1.165) is 30.4 Å². The molecular weight excluding hydrogens is 765 g/mol. The smallest absolute Gasteiger partial charge is 0.412 e. The van der Waals surface area contributed by atoms with Crippen LogP contribution in [0.5, 0.6) is 11.5 Å². The number of oxime groups is 1. The molecule has 6 atom stereocenters. The van der Waals surface area contributed by atoms with Crippen molar-refractivity contribution < 1.29 is 47.3 Å². The van der Waals surface area contributed by atoms with Crippen LogP contribution in [0.15, 0.2) is 76.8 Å². The number of carbonyl (C=O) groups excluding carboxylic acids is 2. The lowest BCUT2D eigenvalue weighted by Gasteiger charge is -2.59. The first kappa shape index (κ1) is 44.8. The fourth-order valence-electron chi connectivity index (χ4n) is 8.83. The summed E-state index contributed by atoms with van der Waals surface area (Å²) in [6, 6.07) is 10.4. The van der Waals surface area contributed by atoms with Gasteiger partial charge in [0.25, 0.3) is 0 Å². The molecule has 5 rings (SSSR count). The predicted molar refractivity (Wildman–Crippen MR) is 221 cm³/mol. The number of hydrogen-bond donors (Lipinski definition) is 4. The summed E-state index contributed by atoms with van der Waals surface area (Å²) in [5.74, 6) is -2.13. The highest BCUT2D eigenvalue weighted by Gasteiger charge is 2.66. The van der Waals surface area contributed by atoms with Gasteiger partial charge in [0.05, 0.1) is 29.2 Å². The van der Waals surface area contributed by atoms with Crippen molar-refractivity contribution in [3.05, 3.63) is 72.3 Å². The van der Waals surface area contributed by atoms with Crippen molar-refractivity contribution >= 4 is 33.4 Å². The first-order valence-corrected chi connectivity index (χ1v) is 22.0. The SMILES string of the molecule is C=CCO[C@@]12Oc3ccc(OC(=O)NCC)cc3[C@H]3[C@H](CCCCO)[C@@H](CCCCO)C=C(C(=NOCC)C[C@@H]1N(CCC)S(=O)(=O)c1ccc(NC(C)=O)cc1)[C@H]32. The van der Waals surface area contributed by atoms with E-state index in [1.54, 1.807) is 37.3 Å². The van der Waals surface area contributed by atoms with E-state index in [9.17, 15) is 19.8 Å². The molecule has 0 radical (unpaired) electrons. The van der Waals surface area contributed by atoms with Crippen molar-refractivity contribution in [1.29, 1.82) is 0 Å². The van der Waals surface area contributed by atoms with Crippen LogP contribution in [-0.4, -0.2) is 92.0 Å². The van der Waals surface area contributed by atoms with Crippen molar-refractivity contribution in [2.75, 3.05) is 44.8 Å². The number of nitrogens with zero attached hydrogens (tertiary/aromatic N) is 2. The van der Waals surface area contributed by atoms with E-state index in [0.29, 0.717) is 55.1 Å². The molecule has 0 spiro atoms. The highest BCUT2D eigenvalue weighted by atomic mass is 32.2. The Hall–Kier alpha value is -4.28. The summed E-state index contributed by atoms with van der Waals surface area (Å²) >= 11 is 0. The van der Waals surface area contributed by atoms with Crippen LogP contribution in [0.25, 0.3) is 0 Å². The number of nitrogens with one attached hydrogen (secondary N) is 2. The third-order valence-electron chi connectivity index (χ3n) is 11.1. The van der Waals surface area contributed by atoms with Crippen molar-refractivity contribution in [2.45, 2.75) is 102 Å². The number of amides is 2. The van der Waals surface area contributed by atoms with Gasteiger partial charge in [-0.1, -0.05) is 37.1 Å². The largest absolute Gasteiger partial charge is 0.460 e.